The molecule has 0 aromatic heterocycles. The zero-order chi connectivity index (χ0) is 13.0. The number of hydrogen-bond donors (Lipinski definition) is 1. The fourth-order valence-electron chi connectivity index (χ4n) is 2.75. The largest absolute Gasteiger partial charge is 0.384 e. The van der Waals surface area contributed by atoms with E-state index in [1.54, 1.807) is 0 Å². The second-order valence-corrected chi connectivity index (χ2v) is 5.69. The molecule has 0 radical (unpaired) electrons. The van der Waals surface area contributed by atoms with Crippen LogP contribution in [0.1, 0.15) is 32.3 Å². The highest BCUT2D eigenvalue weighted by molar-refractivity contribution is 5.44. The van der Waals surface area contributed by atoms with Gasteiger partial charge in [0.05, 0.1) is 0 Å². The number of rotatable bonds is 4. The Balaban J connectivity index is 1.76. The molecule has 0 aliphatic carbocycles. The van der Waals surface area contributed by atoms with Crippen molar-refractivity contribution in [3.63, 3.8) is 0 Å². The van der Waals surface area contributed by atoms with E-state index in [2.05, 4.69) is 55.3 Å². The van der Waals surface area contributed by atoms with Crippen LogP contribution in [0.5, 0.6) is 0 Å². The summed E-state index contributed by atoms with van der Waals surface area (Å²) in [7, 11) is 0. The number of hydrogen-bond acceptors (Lipinski definition) is 2. The minimum atomic E-state index is 0.735. The number of aryl methyl sites for hydroxylation is 1. The molecule has 2 nitrogen and oxygen atoms in total. The van der Waals surface area contributed by atoms with Crippen molar-refractivity contribution in [3.8, 4) is 0 Å². The predicted octanol–water partition coefficient (Wildman–Crippen LogP) is 3.53. The lowest BCUT2D eigenvalue weighted by Crippen LogP contribution is -2.44. The maximum Gasteiger partial charge on any atom is 0.0340 e. The number of nitrogens with zero attached hydrogens (tertiary/aromatic N) is 1. The Bertz CT molecular complexity index is 358. The third kappa shape index (κ3) is 3.49. The van der Waals surface area contributed by atoms with Gasteiger partial charge >= 0.3 is 0 Å². The van der Waals surface area contributed by atoms with Gasteiger partial charge in [-0.25, -0.2) is 0 Å². The van der Waals surface area contributed by atoms with Crippen LogP contribution >= 0.6 is 0 Å². The molecule has 100 valence electrons. The number of anilines is 1. The summed E-state index contributed by atoms with van der Waals surface area (Å²) in [6, 6.07) is 9.38. The van der Waals surface area contributed by atoms with Gasteiger partial charge in [0, 0.05) is 24.8 Å². The molecule has 2 unspecified atom stereocenters. The lowest BCUT2D eigenvalue weighted by Gasteiger charge is -2.38. The summed E-state index contributed by atoms with van der Waals surface area (Å²) in [5.74, 6) is 0.845. The summed E-state index contributed by atoms with van der Waals surface area (Å²) in [5, 5.41) is 3.51. The highest BCUT2D eigenvalue weighted by atomic mass is 15.2. The maximum atomic E-state index is 3.51. The number of likely N-dealkylation sites (tertiary alicyclic amines) is 1. The Morgan fingerprint density at radius 1 is 1.22 bits per heavy atom. The topological polar surface area (TPSA) is 15.3 Å². The van der Waals surface area contributed by atoms with Crippen molar-refractivity contribution in [1.82, 2.24) is 4.90 Å². The van der Waals surface area contributed by atoms with Crippen molar-refractivity contribution in [2.24, 2.45) is 5.92 Å². The van der Waals surface area contributed by atoms with Crippen molar-refractivity contribution in [2.45, 2.75) is 39.7 Å². The number of piperidine rings is 1. The zero-order valence-corrected chi connectivity index (χ0v) is 11.9. The standard InChI is InChI=1S/C16H26N2/c1-13-6-8-16(9-7-13)17-10-12-18-11-4-5-14(2)15(18)3/h6-9,14-15,17H,4-5,10-12H2,1-3H3. The van der Waals surface area contributed by atoms with Gasteiger partial charge in [0.1, 0.15) is 0 Å². The molecule has 0 bridgehead atoms. The molecule has 1 aromatic rings. The van der Waals surface area contributed by atoms with Crippen molar-refractivity contribution < 1.29 is 0 Å². The van der Waals surface area contributed by atoms with Crippen LogP contribution in [-0.4, -0.2) is 30.6 Å². The second-order valence-electron chi connectivity index (χ2n) is 5.69. The van der Waals surface area contributed by atoms with Gasteiger partial charge < -0.3 is 5.32 Å². The summed E-state index contributed by atoms with van der Waals surface area (Å²) in [6.45, 7) is 10.3. The molecular formula is C16H26N2. The van der Waals surface area contributed by atoms with Crippen LogP contribution in [0.4, 0.5) is 5.69 Å². The van der Waals surface area contributed by atoms with Gasteiger partial charge in [0.25, 0.3) is 0 Å². The molecule has 2 atom stereocenters. The van der Waals surface area contributed by atoms with Crippen LogP contribution in [0.15, 0.2) is 24.3 Å². The van der Waals surface area contributed by atoms with E-state index in [-0.39, 0.29) is 0 Å². The van der Waals surface area contributed by atoms with Gasteiger partial charge in [0.2, 0.25) is 0 Å². The summed E-state index contributed by atoms with van der Waals surface area (Å²) >= 11 is 0. The Morgan fingerprint density at radius 3 is 2.67 bits per heavy atom. The minimum absolute atomic E-state index is 0.735. The Labute approximate surface area is 111 Å². The van der Waals surface area contributed by atoms with Gasteiger partial charge in [-0.05, 0) is 51.3 Å². The van der Waals surface area contributed by atoms with Crippen molar-refractivity contribution in [1.29, 1.82) is 0 Å². The van der Waals surface area contributed by atoms with Crippen LogP contribution in [0, 0.1) is 12.8 Å². The average molecular weight is 246 g/mol. The van der Waals surface area contributed by atoms with Gasteiger partial charge in [0.15, 0.2) is 0 Å². The monoisotopic (exact) mass is 246 g/mol. The minimum Gasteiger partial charge on any atom is -0.384 e. The molecule has 18 heavy (non-hydrogen) atoms. The van der Waals surface area contributed by atoms with Gasteiger partial charge in [-0.2, -0.15) is 0 Å². The average Bonchev–Trinajstić information content (AvgIpc) is 2.37. The molecule has 1 aromatic carbocycles. The van der Waals surface area contributed by atoms with Gasteiger partial charge in [-0.3, -0.25) is 4.90 Å². The highest BCUT2D eigenvalue weighted by Crippen LogP contribution is 2.22. The van der Waals surface area contributed by atoms with Crippen molar-refractivity contribution in [2.75, 3.05) is 25.0 Å². The molecule has 1 N–H and O–H groups in total. The Hall–Kier alpha value is -1.02. The fourth-order valence-corrected chi connectivity index (χ4v) is 2.75. The van der Waals surface area contributed by atoms with E-state index in [0.29, 0.717) is 0 Å². The van der Waals surface area contributed by atoms with Gasteiger partial charge in [-0.15, -0.1) is 0 Å². The molecule has 1 aliphatic heterocycles. The summed E-state index contributed by atoms with van der Waals surface area (Å²) in [4.78, 5) is 2.62. The molecule has 0 amide bonds. The highest BCUT2D eigenvalue weighted by Gasteiger charge is 2.23. The number of benzene rings is 1. The molecule has 1 saturated heterocycles. The zero-order valence-electron chi connectivity index (χ0n) is 11.9. The van der Waals surface area contributed by atoms with Crippen molar-refractivity contribution in [3.05, 3.63) is 29.8 Å². The summed E-state index contributed by atoms with van der Waals surface area (Å²) < 4.78 is 0. The van der Waals surface area contributed by atoms with E-state index >= 15 is 0 Å². The van der Waals surface area contributed by atoms with E-state index in [9.17, 15) is 0 Å². The van der Waals surface area contributed by atoms with Crippen LogP contribution < -0.4 is 5.32 Å². The molecular weight excluding hydrogens is 220 g/mol. The first-order valence-electron chi connectivity index (χ1n) is 7.21. The molecule has 2 rings (SSSR count). The van der Waals surface area contributed by atoms with Crippen LogP contribution in [0.3, 0.4) is 0 Å². The third-order valence-corrected chi connectivity index (χ3v) is 4.28. The Morgan fingerprint density at radius 2 is 1.94 bits per heavy atom. The molecule has 0 saturated carbocycles. The normalized spacial score (nSPS) is 25.1. The van der Waals surface area contributed by atoms with Crippen LogP contribution in [0.2, 0.25) is 0 Å². The maximum absolute atomic E-state index is 3.51. The predicted molar refractivity (Wildman–Crippen MR) is 79.1 cm³/mol. The lowest BCUT2D eigenvalue weighted by atomic mass is 9.92. The van der Waals surface area contributed by atoms with Crippen molar-refractivity contribution >= 4 is 5.69 Å². The van der Waals surface area contributed by atoms with E-state index in [4.69, 9.17) is 0 Å². The van der Waals surface area contributed by atoms with Crippen LogP contribution in [-0.2, 0) is 0 Å². The molecule has 2 heteroatoms. The third-order valence-electron chi connectivity index (χ3n) is 4.28. The number of nitrogens with one attached hydrogen (secondary N) is 1. The van der Waals surface area contributed by atoms with Crippen LogP contribution in [0.25, 0.3) is 0 Å². The molecule has 0 spiro atoms. The smallest absolute Gasteiger partial charge is 0.0340 e. The first kappa shape index (κ1) is 13.4. The first-order chi connectivity index (χ1) is 8.66. The summed E-state index contributed by atoms with van der Waals surface area (Å²) in [6.07, 6.45) is 2.75. The Kier molecular flexibility index (Phi) is 4.65. The quantitative estimate of drug-likeness (QED) is 0.874. The second kappa shape index (κ2) is 6.24. The van der Waals surface area contributed by atoms with E-state index in [1.165, 1.54) is 30.6 Å². The first-order valence-corrected chi connectivity index (χ1v) is 7.21. The molecule has 1 fully saturated rings. The SMILES string of the molecule is Cc1ccc(NCCN2CCCC(C)C2C)cc1. The fraction of sp³-hybridized carbons (Fsp3) is 0.625. The molecule has 1 heterocycles. The van der Waals surface area contributed by atoms with E-state index in [1.807, 2.05) is 0 Å². The van der Waals surface area contributed by atoms with Gasteiger partial charge in [-0.1, -0.05) is 24.6 Å². The molecule has 1 aliphatic rings. The van der Waals surface area contributed by atoms with E-state index in [0.717, 1.165) is 25.0 Å². The van der Waals surface area contributed by atoms with E-state index < -0.39 is 0 Å². The summed E-state index contributed by atoms with van der Waals surface area (Å²) in [5.41, 5.74) is 2.55. The lowest BCUT2D eigenvalue weighted by molar-refractivity contribution is 0.119.